The van der Waals surface area contributed by atoms with Crippen molar-refractivity contribution in [3.63, 3.8) is 0 Å². The second-order valence-electron chi connectivity index (χ2n) is 9.59. The topological polar surface area (TPSA) is 33.5 Å². The van der Waals surface area contributed by atoms with Crippen LogP contribution in [-0.4, -0.2) is 53.1 Å². The van der Waals surface area contributed by atoms with Gasteiger partial charge in [0.15, 0.2) is 0 Å². The average Bonchev–Trinajstić information content (AvgIpc) is 3.49. The third-order valence-corrected chi connectivity index (χ3v) is 7.31. The van der Waals surface area contributed by atoms with Crippen LogP contribution in [0.2, 0.25) is 0 Å². The lowest BCUT2D eigenvalue weighted by molar-refractivity contribution is 0.0998. The van der Waals surface area contributed by atoms with Crippen molar-refractivity contribution in [1.82, 2.24) is 19.4 Å². The van der Waals surface area contributed by atoms with Gasteiger partial charge in [-0.3, -0.25) is 4.90 Å². The van der Waals surface area contributed by atoms with Gasteiger partial charge in [0.25, 0.3) is 0 Å². The lowest BCUT2D eigenvalue weighted by atomic mass is 9.72. The monoisotopic (exact) mass is 394 g/mol. The van der Waals surface area contributed by atoms with Crippen LogP contribution in [0, 0.1) is 12.8 Å². The lowest BCUT2D eigenvalue weighted by Crippen LogP contribution is -2.51. The summed E-state index contributed by atoms with van der Waals surface area (Å²) in [5.41, 5.74) is 4.50. The largest absolute Gasteiger partial charge is 0.497 e. The van der Waals surface area contributed by atoms with Gasteiger partial charge in [-0.1, -0.05) is 12.1 Å². The first-order chi connectivity index (χ1) is 14.1. The van der Waals surface area contributed by atoms with Gasteiger partial charge in [-0.25, -0.2) is 4.98 Å². The summed E-state index contributed by atoms with van der Waals surface area (Å²) in [7, 11) is 3.98. The van der Waals surface area contributed by atoms with Gasteiger partial charge >= 0.3 is 0 Å². The highest BCUT2D eigenvalue weighted by Crippen LogP contribution is 2.43. The molecule has 5 rings (SSSR count). The van der Waals surface area contributed by atoms with Crippen LogP contribution in [0.1, 0.15) is 48.5 Å². The molecule has 0 bridgehead atoms. The molecule has 0 atom stereocenters. The van der Waals surface area contributed by atoms with E-state index in [4.69, 9.17) is 9.72 Å². The van der Waals surface area contributed by atoms with Gasteiger partial charge in [-0.2, -0.15) is 0 Å². The van der Waals surface area contributed by atoms with Crippen molar-refractivity contribution in [2.24, 2.45) is 5.92 Å². The van der Waals surface area contributed by atoms with Crippen molar-refractivity contribution in [3.05, 3.63) is 47.0 Å². The van der Waals surface area contributed by atoms with E-state index in [9.17, 15) is 0 Å². The molecular formula is C24H34N4O. The molecule has 2 fully saturated rings. The van der Waals surface area contributed by atoms with Crippen molar-refractivity contribution >= 4 is 0 Å². The minimum Gasteiger partial charge on any atom is -0.497 e. The zero-order chi connectivity index (χ0) is 20.0. The highest BCUT2D eigenvalue weighted by Gasteiger charge is 2.45. The average molecular weight is 395 g/mol. The summed E-state index contributed by atoms with van der Waals surface area (Å²) >= 11 is 0. The molecule has 0 N–H and O–H groups in total. The Labute approximate surface area is 174 Å². The molecule has 1 aliphatic carbocycles. The van der Waals surface area contributed by atoms with Crippen molar-refractivity contribution in [2.45, 2.75) is 57.7 Å². The fourth-order valence-corrected chi connectivity index (χ4v) is 5.31. The van der Waals surface area contributed by atoms with E-state index in [0.29, 0.717) is 0 Å². The summed E-state index contributed by atoms with van der Waals surface area (Å²) in [4.78, 5) is 10.3. The van der Waals surface area contributed by atoms with Gasteiger partial charge < -0.3 is 14.2 Å². The van der Waals surface area contributed by atoms with Gasteiger partial charge in [0.05, 0.1) is 18.5 Å². The van der Waals surface area contributed by atoms with Crippen LogP contribution >= 0.6 is 0 Å². The van der Waals surface area contributed by atoms with Crippen LogP contribution in [0.25, 0.3) is 0 Å². The summed E-state index contributed by atoms with van der Waals surface area (Å²) in [6.07, 6.45) is 5.21. The Bertz CT molecular complexity index is 860. The quantitative estimate of drug-likeness (QED) is 0.776. The highest BCUT2D eigenvalue weighted by molar-refractivity contribution is 5.32. The van der Waals surface area contributed by atoms with Crippen LogP contribution in [0.3, 0.4) is 0 Å². The van der Waals surface area contributed by atoms with E-state index < -0.39 is 0 Å². The zero-order valence-corrected chi connectivity index (χ0v) is 18.2. The van der Waals surface area contributed by atoms with E-state index in [1.807, 2.05) is 0 Å². The maximum atomic E-state index is 5.34. The number of nitrogens with zero attached hydrogens (tertiary/aromatic N) is 4. The molecular weight excluding hydrogens is 360 g/mol. The van der Waals surface area contributed by atoms with E-state index in [1.54, 1.807) is 7.11 Å². The molecule has 0 unspecified atom stereocenters. The predicted octanol–water partition coefficient (Wildman–Crippen LogP) is 3.59. The van der Waals surface area contributed by atoms with Gasteiger partial charge in [-0.15, -0.1) is 0 Å². The molecule has 5 nitrogen and oxygen atoms in total. The van der Waals surface area contributed by atoms with Gasteiger partial charge in [-0.05, 0) is 76.4 Å². The zero-order valence-electron chi connectivity index (χ0n) is 18.2. The third kappa shape index (κ3) is 3.71. The van der Waals surface area contributed by atoms with Crippen molar-refractivity contribution in [2.75, 3.05) is 33.8 Å². The number of piperidine rings is 1. The second-order valence-corrected chi connectivity index (χ2v) is 9.59. The number of rotatable bonds is 5. The standard InChI is InChI=1S/C24H34N4O/c1-18-25-23-22(28(18)15-20-4-5-20)16-27(14-19-6-8-21(29-3)9-7-19)17-24(23)10-12-26(2)13-11-24/h6-9,20H,4-5,10-17H2,1-3H3. The molecule has 0 amide bonds. The van der Waals surface area contributed by atoms with Crippen LogP contribution in [0.15, 0.2) is 24.3 Å². The normalized spacial score (nSPS) is 22.0. The van der Waals surface area contributed by atoms with E-state index in [2.05, 4.69) is 52.6 Å². The Balaban J connectivity index is 1.46. The first kappa shape index (κ1) is 19.1. The van der Waals surface area contributed by atoms with Gasteiger partial charge in [0, 0.05) is 31.6 Å². The maximum Gasteiger partial charge on any atom is 0.118 e. The van der Waals surface area contributed by atoms with Crippen molar-refractivity contribution < 1.29 is 4.74 Å². The first-order valence-corrected chi connectivity index (χ1v) is 11.2. The maximum absolute atomic E-state index is 5.34. The molecule has 5 heteroatoms. The van der Waals surface area contributed by atoms with Crippen LogP contribution in [0.4, 0.5) is 0 Å². The van der Waals surface area contributed by atoms with E-state index in [-0.39, 0.29) is 5.41 Å². The van der Waals surface area contributed by atoms with Gasteiger partial charge in [0.1, 0.15) is 11.6 Å². The Kier molecular flexibility index (Phi) is 4.91. The Morgan fingerprint density at radius 2 is 1.86 bits per heavy atom. The summed E-state index contributed by atoms with van der Waals surface area (Å²) in [6.45, 7) is 8.87. The summed E-state index contributed by atoms with van der Waals surface area (Å²) < 4.78 is 7.90. The highest BCUT2D eigenvalue weighted by atomic mass is 16.5. The lowest BCUT2D eigenvalue weighted by Gasteiger charge is -2.46. The Morgan fingerprint density at radius 1 is 1.14 bits per heavy atom. The second kappa shape index (κ2) is 7.44. The molecule has 1 saturated carbocycles. The number of ether oxygens (including phenoxy) is 1. The molecule has 0 radical (unpaired) electrons. The summed E-state index contributed by atoms with van der Waals surface area (Å²) in [5, 5.41) is 0. The molecule has 29 heavy (non-hydrogen) atoms. The SMILES string of the molecule is COc1ccc(CN2Cc3c(nc(C)n3CC3CC3)C3(CCN(C)CC3)C2)cc1. The number of aromatic nitrogens is 2. The minimum atomic E-state index is 0.214. The number of hydrogen-bond donors (Lipinski definition) is 0. The number of imidazole rings is 1. The number of benzene rings is 1. The van der Waals surface area contributed by atoms with Crippen LogP contribution in [0.5, 0.6) is 5.75 Å². The molecule has 1 spiro atoms. The molecule has 1 aromatic heterocycles. The first-order valence-electron chi connectivity index (χ1n) is 11.2. The van der Waals surface area contributed by atoms with E-state index in [1.165, 1.54) is 68.1 Å². The fourth-order valence-electron chi connectivity index (χ4n) is 5.31. The number of likely N-dealkylation sites (tertiary alicyclic amines) is 1. The molecule has 1 aromatic carbocycles. The third-order valence-electron chi connectivity index (χ3n) is 7.31. The summed E-state index contributed by atoms with van der Waals surface area (Å²) in [5.74, 6) is 3.03. The number of fused-ring (bicyclic) bond motifs is 2. The molecule has 156 valence electrons. The smallest absolute Gasteiger partial charge is 0.118 e. The molecule has 2 aliphatic heterocycles. The van der Waals surface area contributed by atoms with Crippen LogP contribution < -0.4 is 4.74 Å². The molecule has 2 aromatic rings. The van der Waals surface area contributed by atoms with Crippen molar-refractivity contribution in [1.29, 1.82) is 0 Å². The minimum absolute atomic E-state index is 0.214. The van der Waals surface area contributed by atoms with Crippen molar-refractivity contribution in [3.8, 4) is 5.75 Å². The number of hydrogen-bond acceptors (Lipinski definition) is 4. The molecule has 3 aliphatic rings. The van der Waals surface area contributed by atoms with Crippen LogP contribution in [-0.2, 0) is 25.0 Å². The summed E-state index contributed by atoms with van der Waals surface area (Å²) in [6, 6.07) is 8.58. The molecule has 1 saturated heterocycles. The Morgan fingerprint density at radius 3 is 2.52 bits per heavy atom. The van der Waals surface area contributed by atoms with Gasteiger partial charge in [0.2, 0.25) is 0 Å². The number of aryl methyl sites for hydroxylation is 1. The predicted molar refractivity (Wildman–Crippen MR) is 115 cm³/mol. The molecule has 3 heterocycles. The number of methoxy groups -OCH3 is 1. The van der Waals surface area contributed by atoms with E-state index in [0.717, 1.165) is 31.3 Å². The van der Waals surface area contributed by atoms with E-state index >= 15 is 0 Å². The fraction of sp³-hybridized carbons (Fsp3) is 0.625. The Hall–Kier alpha value is -1.85.